The van der Waals surface area contributed by atoms with Gasteiger partial charge in [-0.2, -0.15) is 13.2 Å². The molecule has 1 heterocycles. The van der Waals surface area contributed by atoms with Crippen LogP contribution >= 0.6 is 11.3 Å². The highest BCUT2D eigenvalue weighted by molar-refractivity contribution is 7.22. The first-order valence-electron chi connectivity index (χ1n) is 6.82. The van der Waals surface area contributed by atoms with Gasteiger partial charge in [0.1, 0.15) is 0 Å². The molecule has 0 bridgehead atoms. The second-order valence-corrected chi connectivity index (χ2v) is 6.17. The van der Waals surface area contributed by atoms with E-state index in [9.17, 15) is 13.2 Å². The Bertz CT molecular complexity index is 622. The lowest BCUT2D eigenvalue weighted by Crippen LogP contribution is -2.10. The van der Waals surface area contributed by atoms with E-state index < -0.39 is 11.7 Å². The summed E-state index contributed by atoms with van der Waals surface area (Å²) < 4.78 is 44.1. The minimum absolute atomic E-state index is 0.372. The summed E-state index contributed by atoms with van der Waals surface area (Å²) in [4.78, 5) is 4.18. The van der Waals surface area contributed by atoms with E-state index in [0.29, 0.717) is 23.8 Å². The van der Waals surface area contributed by atoms with Crippen LogP contribution in [0.25, 0.3) is 10.2 Å². The Labute approximate surface area is 124 Å². The molecule has 0 atom stereocenters. The van der Waals surface area contributed by atoms with E-state index in [1.165, 1.54) is 30.2 Å². The molecule has 2 aromatic rings. The molecule has 21 heavy (non-hydrogen) atoms. The number of anilines is 1. The van der Waals surface area contributed by atoms with Crippen LogP contribution in [0.1, 0.15) is 18.4 Å². The molecular formula is C14H15F3N2OS. The largest absolute Gasteiger partial charge is 0.416 e. The third kappa shape index (κ3) is 3.85. The monoisotopic (exact) mass is 316 g/mol. The minimum atomic E-state index is -4.33. The first-order chi connectivity index (χ1) is 10.0. The van der Waals surface area contributed by atoms with Crippen molar-refractivity contribution in [1.82, 2.24) is 4.98 Å². The zero-order valence-electron chi connectivity index (χ0n) is 11.2. The summed E-state index contributed by atoms with van der Waals surface area (Å²) >= 11 is 1.35. The summed E-state index contributed by atoms with van der Waals surface area (Å²) in [7, 11) is 0. The third-order valence-corrected chi connectivity index (χ3v) is 4.28. The van der Waals surface area contributed by atoms with Crippen molar-refractivity contribution in [3.05, 3.63) is 23.8 Å². The molecule has 1 fully saturated rings. The molecule has 7 heteroatoms. The average Bonchev–Trinajstić information content (AvgIpc) is 3.15. The molecule has 1 saturated carbocycles. The summed E-state index contributed by atoms with van der Waals surface area (Å²) in [6.45, 7) is 2.00. The van der Waals surface area contributed by atoms with E-state index in [1.54, 1.807) is 0 Å². The molecule has 1 aromatic heterocycles. The Hall–Kier alpha value is -1.34. The second-order valence-electron chi connectivity index (χ2n) is 5.14. The Balaban J connectivity index is 1.58. The molecule has 1 N–H and O–H groups in total. The maximum absolute atomic E-state index is 12.6. The zero-order chi connectivity index (χ0) is 14.9. The second kappa shape index (κ2) is 5.81. The molecule has 0 saturated heterocycles. The summed E-state index contributed by atoms with van der Waals surface area (Å²) in [5, 5.41) is 3.71. The molecule has 3 nitrogen and oxygen atoms in total. The fourth-order valence-electron chi connectivity index (χ4n) is 1.94. The fraction of sp³-hybridized carbons (Fsp3) is 0.500. The summed E-state index contributed by atoms with van der Waals surface area (Å²) in [5.74, 6) is 0.730. The number of alkyl halides is 3. The average molecular weight is 316 g/mol. The highest BCUT2D eigenvalue weighted by Crippen LogP contribution is 2.34. The van der Waals surface area contributed by atoms with E-state index in [2.05, 4.69) is 10.3 Å². The van der Waals surface area contributed by atoms with Crippen molar-refractivity contribution in [3.63, 3.8) is 0 Å². The maximum atomic E-state index is 12.6. The number of ether oxygens (including phenoxy) is 1. The van der Waals surface area contributed by atoms with Gasteiger partial charge in [-0.05, 0) is 37.0 Å². The van der Waals surface area contributed by atoms with Gasteiger partial charge in [-0.15, -0.1) is 0 Å². The van der Waals surface area contributed by atoms with Crippen LogP contribution in [0.15, 0.2) is 18.2 Å². The van der Waals surface area contributed by atoms with Crippen LogP contribution < -0.4 is 5.32 Å². The molecule has 1 aliphatic carbocycles. The third-order valence-electron chi connectivity index (χ3n) is 3.29. The maximum Gasteiger partial charge on any atom is 0.416 e. The van der Waals surface area contributed by atoms with Crippen molar-refractivity contribution in [2.45, 2.75) is 19.0 Å². The van der Waals surface area contributed by atoms with Crippen LogP contribution in [-0.2, 0) is 10.9 Å². The van der Waals surface area contributed by atoms with Crippen molar-refractivity contribution in [1.29, 1.82) is 0 Å². The highest BCUT2D eigenvalue weighted by atomic mass is 32.1. The van der Waals surface area contributed by atoms with E-state index in [-0.39, 0.29) is 0 Å². The van der Waals surface area contributed by atoms with Gasteiger partial charge in [0.15, 0.2) is 5.13 Å². The predicted octanol–water partition coefficient (Wildman–Crippen LogP) is 4.15. The number of nitrogens with zero attached hydrogens (tertiary/aromatic N) is 1. The Kier molecular flexibility index (Phi) is 4.03. The number of rotatable bonds is 6. The molecule has 1 aromatic carbocycles. The number of nitrogens with one attached hydrogen (secondary N) is 1. The van der Waals surface area contributed by atoms with Gasteiger partial charge in [-0.1, -0.05) is 11.3 Å². The number of halogens is 3. The van der Waals surface area contributed by atoms with Crippen LogP contribution in [0, 0.1) is 5.92 Å². The molecule has 0 radical (unpaired) electrons. The van der Waals surface area contributed by atoms with Crippen LogP contribution in [0.5, 0.6) is 0 Å². The van der Waals surface area contributed by atoms with Gasteiger partial charge in [0.2, 0.25) is 0 Å². The summed E-state index contributed by atoms with van der Waals surface area (Å²) in [5.41, 5.74) is -0.296. The smallest absolute Gasteiger partial charge is 0.379 e. The number of thiazole rings is 1. The van der Waals surface area contributed by atoms with Crippen LogP contribution in [0.4, 0.5) is 18.3 Å². The topological polar surface area (TPSA) is 34.1 Å². The first-order valence-corrected chi connectivity index (χ1v) is 7.63. The lowest BCUT2D eigenvalue weighted by molar-refractivity contribution is -0.137. The Morgan fingerprint density at radius 2 is 2.14 bits per heavy atom. The van der Waals surface area contributed by atoms with E-state index in [1.807, 2.05) is 0 Å². The van der Waals surface area contributed by atoms with Crippen molar-refractivity contribution < 1.29 is 17.9 Å². The zero-order valence-corrected chi connectivity index (χ0v) is 12.1. The quantitative estimate of drug-likeness (QED) is 0.813. The molecule has 114 valence electrons. The fourth-order valence-corrected chi connectivity index (χ4v) is 2.82. The molecular weight excluding hydrogens is 301 g/mol. The van der Waals surface area contributed by atoms with E-state index in [4.69, 9.17) is 4.74 Å². The molecule has 0 amide bonds. The van der Waals surface area contributed by atoms with Gasteiger partial charge in [-0.25, -0.2) is 4.98 Å². The predicted molar refractivity (Wildman–Crippen MR) is 76.7 cm³/mol. The number of hydrogen-bond donors (Lipinski definition) is 1. The summed E-state index contributed by atoms with van der Waals surface area (Å²) in [6.07, 6.45) is -1.82. The van der Waals surface area contributed by atoms with Crippen LogP contribution in [0.2, 0.25) is 0 Å². The van der Waals surface area contributed by atoms with Crippen LogP contribution in [-0.4, -0.2) is 24.7 Å². The molecule has 0 aliphatic heterocycles. The van der Waals surface area contributed by atoms with Crippen molar-refractivity contribution in [3.8, 4) is 0 Å². The van der Waals surface area contributed by atoms with Gasteiger partial charge in [0.25, 0.3) is 0 Å². The number of aromatic nitrogens is 1. The van der Waals surface area contributed by atoms with Gasteiger partial charge in [0.05, 0.1) is 22.4 Å². The lowest BCUT2D eigenvalue weighted by Gasteiger charge is -2.04. The van der Waals surface area contributed by atoms with Gasteiger partial charge >= 0.3 is 6.18 Å². The van der Waals surface area contributed by atoms with Crippen molar-refractivity contribution >= 4 is 26.7 Å². The molecule has 1 aliphatic rings. The van der Waals surface area contributed by atoms with Crippen molar-refractivity contribution in [2.24, 2.45) is 5.92 Å². The first kappa shape index (κ1) is 14.6. The standard InChI is InChI=1S/C14H15F3N2OS/c15-14(16,17)10-3-4-12-11(7-10)19-13(21-12)18-5-6-20-8-9-1-2-9/h3-4,7,9H,1-2,5-6,8H2,(H,18,19). The SMILES string of the molecule is FC(F)(F)c1ccc2sc(NCCOCC3CC3)nc2c1. The molecule has 0 spiro atoms. The number of hydrogen-bond acceptors (Lipinski definition) is 4. The minimum Gasteiger partial charge on any atom is -0.379 e. The summed E-state index contributed by atoms with van der Waals surface area (Å²) in [6, 6.07) is 3.63. The lowest BCUT2D eigenvalue weighted by atomic mass is 10.2. The Morgan fingerprint density at radius 3 is 2.86 bits per heavy atom. The molecule has 0 unspecified atom stereocenters. The van der Waals surface area contributed by atoms with Gasteiger partial charge in [0, 0.05) is 13.2 Å². The number of fused-ring (bicyclic) bond motifs is 1. The van der Waals surface area contributed by atoms with E-state index in [0.717, 1.165) is 29.4 Å². The van der Waals surface area contributed by atoms with Crippen LogP contribution in [0.3, 0.4) is 0 Å². The van der Waals surface area contributed by atoms with E-state index >= 15 is 0 Å². The Morgan fingerprint density at radius 1 is 1.33 bits per heavy atom. The van der Waals surface area contributed by atoms with Crippen molar-refractivity contribution in [2.75, 3.05) is 25.1 Å². The van der Waals surface area contributed by atoms with Gasteiger partial charge in [-0.3, -0.25) is 0 Å². The molecule has 3 rings (SSSR count). The van der Waals surface area contributed by atoms with Gasteiger partial charge < -0.3 is 10.1 Å². The number of benzene rings is 1. The normalized spacial score (nSPS) is 15.6. The highest BCUT2D eigenvalue weighted by Gasteiger charge is 2.30.